The predicted octanol–water partition coefficient (Wildman–Crippen LogP) is 2.40. The number of amides is 3. The number of halogens is 1. The lowest BCUT2D eigenvalue weighted by Crippen LogP contribution is -2.39. The average Bonchev–Trinajstić information content (AvgIpc) is 3.21. The number of rotatable bonds is 4. The molecule has 3 amide bonds. The fourth-order valence-corrected chi connectivity index (χ4v) is 3.00. The first-order valence-electron chi connectivity index (χ1n) is 6.55. The molecule has 0 spiro atoms. The molecule has 2 fully saturated rings. The van der Waals surface area contributed by atoms with Gasteiger partial charge in [0.15, 0.2) is 0 Å². The van der Waals surface area contributed by atoms with E-state index in [0.717, 1.165) is 17.3 Å². The Labute approximate surface area is 125 Å². The van der Waals surface area contributed by atoms with Crippen LogP contribution in [0, 0.1) is 0 Å². The Bertz CT molecular complexity index is 559. The molecule has 1 aromatic rings. The number of ether oxygens (including phenoxy) is 1. The first-order valence-corrected chi connectivity index (χ1v) is 7.34. The Morgan fingerprint density at radius 2 is 2.00 bits per heavy atom. The molecule has 0 unspecified atom stereocenters. The van der Waals surface area contributed by atoms with E-state index in [1.165, 1.54) is 4.90 Å². The topological polar surface area (TPSA) is 49.9 Å². The van der Waals surface area contributed by atoms with Gasteiger partial charge in [-0.2, -0.15) is 0 Å². The van der Waals surface area contributed by atoms with Gasteiger partial charge >= 0.3 is 6.03 Å². The third kappa shape index (κ3) is 2.13. The zero-order valence-electron chi connectivity index (χ0n) is 11.1. The molecule has 5 nitrogen and oxygen atoms in total. The summed E-state index contributed by atoms with van der Waals surface area (Å²) in [5.41, 5.74) is 0.590. The first-order chi connectivity index (χ1) is 9.65. The summed E-state index contributed by atoms with van der Waals surface area (Å²) in [5, 5.41) is 0. The number of anilines is 1. The Balaban J connectivity index is 1.97. The molecule has 1 aromatic carbocycles. The summed E-state index contributed by atoms with van der Waals surface area (Å²) in [5.74, 6) is -0.212. The fourth-order valence-electron chi connectivity index (χ4n) is 2.54. The minimum absolute atomic E-state index is 0.180. The summed E-state index contributed by atoms with van der Waals surface area (Å²) < 4.78 is 5.85. The van der Waals surface area contributed by atoms with Crippen molar-refractivity contribution in [3.63, 3.8) is 0 Å². The van der Waals surface area contributed by atoms with Crippen LogP contribution in [-0.2, 0) is 9.53 Å². The molecule has 106 valence electrons. The van der Waals surface area contributed by atoms with Gasteiger partial charge < -0.3 is 9.64 Å². The molecule has 1 atom stereocenters. The summed E-state index contributed by atoms with van der Waals surface area (Å²) in [6, 6.07) is 6.68. The molecule has 1 aliphatic heterocycles. The first kappa shape index (κ1) is 13.6. The number of para-hydroxylation sites is 1. The molecule has 1 aliphatic carbocycles. The predicted molar refractivity (Wildman–Crippen MR) is 77.5 cm³/mol. The lowest BCUT2D eigenvalue weighted by Gasteiger charge is -2.20. The summed E-state index contributed by atoms with van der Waals surface area (Å²) in [7, 11) is 1.55. The molecule has 3 rings (SSSR count). The van der Waals surface area contributed by atoms with E-state index in [-0.39, 0.29) is 24.6 Å². The number of imide groups is 1. The smallest absolute Gasteiger partial charge is 0.332 e. The molecule has 1 saturated heterocycles. The standard InChI is InChI=1S/C14H15BrN2O3/c1-20-8-12-13(18)17(11-5-3-2-4-10(11)15)14(19)16(12)9-6-7-9/h2-5,9,12H,6-8H2,1H3/t12-/m1/s1. The van der Waals surface area contributed by atoms with Crippen molar-refractivity contribution in [2.75, 3.05) is 18.6 Å². The van der Waals surface area contributed by atoms with E-state index in [2.05, 4.69) is 15.9 Å². The Morgan fingerprint density at radius 3 is 2.60 bits per heavy atom. The van der Waals surface area contributed by atoms with Crippen molar-refractivity contribution in [2.24, 2.45) is 0 Å². The number of benzene rings is 1. The van der Waals surface area contributed by atoms with Crippen LogP contribution in [0.3, 0.4) is 0 Å². The van der Waals surface area contributed by atoms with E-state index in [1.54, 1.807) is 18.1 Å². The molecule has 0 N–H and O–H groups in total. The van der Waals surface area contributed by atoms with E-state index < -0.39 is 6.04 Å². The van der Waals surface area contributed by atoms with Crippen LogP contribution >= 0.6 is 15.9 Å². The van der Waals surface area contributed by atoms with Gasteiger partial charge in [-0.25, -0.2) is 9.69 Å². The minimum atomic E-state index is -0.507. The molecule has 0 radical (unpaired) electrons. The van der Waals surface area contributed by atoms with Crippen LogP contribution in [0.1, 0.15) is 12.8 Å². The summed E-state index contributed by atoms with van der Waals surface area (Å²) in [6.45, 7) is 0.238. The molecule has 0 bridgehead atoms. The number of methoxy groups -OCH3 is 1. The van der Waals surface area contributed by atoms with E-state index in [0.29, 0.717) is 5.69 Å². The molecule has 2 aliphatic rings. The number of hydrogen-bond acceptors (Lipinski definition) is 3. The highest BCUT2D eigenvalue weighted by Gasteiger charge is 2.51. The summed E-state index contributed by atoms with van der Waals surface area (Å²) in [4.78, 5) is 28.1. The van der Waals surface area contributed by atoms with Crippen molar-refractivity contribution in [1.82, 2.24) is 4.90 Å². The van der Waals surface area contributed by atoms with Crippen LogP contribution in [0.25, 0.3) is 0 Å². The third-order valence-electron chi connectivity index (χ3n) is 3.61. The largest absolute Gasteiger partial charge is 0.382 e. The highest BCUT2D eigenvalue weighted by Crippen LogP contribution is 2.37. The molecule has 0 aromatic heterocycles. The van der Waals surface area contributed by atoms with E-state index >= 15 is 0 Å². The zero-order valence-corrected chi connectivity index (χ0v) is 12.7. The minimum Gasteiger partial charge on any atom is -0.382 e. The van der Waals surface area contributed by atoms with Crippen molar-refractivity contribution in [3.8, 4) is 0 Å². The van der Waals surface area contributed by atoms with Crippen molar-refractivity contribution >= 4 is 33.6 Å². The highest BCUT2D eigenvalue weighted by molar-refractivity contribution is 9.10. The van der Waals surface area contributed by atoms with Crippen LogP contribution in [0.15, 0.2) is 28.7 Å². The number of urea groups is 1. The van der Waals surface area contributed by atoms with Crippen LogP contribution in [-0.4, -0.2) is 42.6 Å². The second kappa shape index (κ2) is 5.18. The molecular formula is C14H15BrN2O3. The fraction of sp³-hybridized carbons (Fsp3) is 0.429. The SMILES string of the molecule is COC[C@@H]1C(=O)N(c2ccccc2Br)C(=O)N1C1CC1. The van der Waals surface area contributed by atoms with E-state index in [9.17, 15) is 9.59 Å². The van der Waals surface area contributed by atoms with Gasteiger partial charge in [-0.3, -0.25) is 4.79 Å². The van der Waals surface area contributed by atoms with Crippen LogP contribution in [0.2, 0.25) is 0 Å². The molecule has 1 heterocycles. The Kier molecular flexibility index (Phi) is 3.52. The monoisotopic (exact) mass is 338 g/mol. The second-order valence-electron chi connectivity index (χ2n) is 5.02. The van der Waals surface area contributed by atoms with Gasteiger partial charge in [0.1, 0.15) is 6.04 Å². The molecular weight excluding hydrogens is 324 g/mol. The molecule has 1 saturated carbocycles. The van der Waals surface area contributed by atoms with Gasteiger partial charge in [-0.1, -0.05) is 12.1 Å². The van der Waals surface area contributed by atoms with Crippen molar-refractivity contribution in [2.45, 2.75) is 24.9 Å². The maximum atomic E-state index is 12.6. The highest BCUT2D eigenvalue weighted by atomic mass is 79.9. The normalized spacial score (nSPS) is 22.8. The maximum absolute atomic E-state index is 12.6. The Hall–Kier alpha value is -1.40. The number of hydrogen-bond donors (Lipinski definition) is 0. The number of nitrogens with zero attached hydrogens (tertiary/aromatic N) is 2. The van der Waals surface area contributed by atoms with Gasteiger partial charge in [0.25, 0.3) is 5.91 Å². The lowest BCUT2D eigenvalue weighted by atomic mass is 10.2. The van der Waals surface area contributed by atoms with Gasteiger partial charge in [-0.05, 0) is 40.9 Å². The van der Waals surface area contributed by atoms with Crippen molar-refractivity contribution in [3.05, 3.63) is 28.7 Å². The molecule has 20 heavy (non-hydrogen) atoms. The van der Waals surface area contributed by atoms with Crippen LogP contribution in [0.4, 0.5) is 10.5 Å². The van der Waals surface area contributed by atoms with Gasteiger partial charge in [0.2, 0.25) is 0 Å². The Morgan fingerprint density at radius 1 is 1.30 bits per heavy atom. The maximum Gasteiger partial charge on any atom is 0.332 e. The number of carbonyl (C=O) groups excluding carboxylic acids is 2. The van der Waals surface area contributed by atoms with Gasteiger partial charge in [0, 0.05) is 17.6 Å². The van der Waals surface area contributed by atoms with Gasteiger partial charge in [0.05, 0.1) is 12.3 Å². The number of carbonyl (C=O) groups is 2. The van der Waals surface area contributed by atoms with Crippen LogP contribution < -0.4 is 4.90 Å². The lowest BCUT2D eigenvalue weighted by molar-refractivity contribution is -0.121. The quantitative estimate of drug-likeness (QED) is 0.792. The molecule has 6 heteroatoms. The zero-order chi connectivity index (χ0) is 14.3. The van der Waals surface area contributed by atoms with Gasteiger partial charge in [-0.15, -0.1) is 0 Å². The van der Waals surface area contributed by atoms with Crippen molar-refractivity contribution < 1.29 is 14.3 Å². The van der Waals surface area contributed by atoms with Crippen LogP contribution in [0.5, 0.6) is 0 Å². The van der Waals surface area contributed by atoms with Crippen molar-refractivity contribution in [1.29, 1.82) is 0 Å². The summed E-state index contributed by atoms with van der Waals surface area (Å²) in [6.07, 6.45) is 1.92. The van der Waals surface area contributed by atoms with E-state index in [4.69, 9.17) is 4.74 Å². The summed E-state index contributed by atoms with van der Waals surface area (Å²) >= 11 is 3.40. The third-order valence-corrected chi connectivity index (χ3v) is 4.28. The average molecular weight is 339 g/mol. The van der Waals surface area contributed by atoms with E-state index in [1.807, 2.05) is 18.2 Å². The second-order valence-corrected chi connectivity index (χ2v) is 5.87.